The Morgan fingerprint density at radius 1 is 1.42 bits per heavy atom. The number of aromatic nitrogens is 1. The molecule has 3 rings (SSSR count). The number of benzene rings is 1. The molecule has 0 amide bonds. The molecule has 0 aliphatic carbocycles. The summed E-state index contributed by atoms with van der Waals surface area (Å²) in [6.07, 6.45) is 0. The summed E-state index contributed by atoms with van der Waals surface area (Å²) >= 11 is 4.18. The van der Waals surface area contributed by atoms with Gasteiger partial charge in [-0.3, -0.25) is 0 Å². The van der Waals surface area contributed by atoms with Crippen LogP contribution in [0, 0.1) is 11.3 Å². The Balaban J connectivity index is 1.88. The summed E-state index contributed by atoms with van der Waals surface area (Å²) in [6.45, 7) is 2.03. The second-order valence-corrected chi connectivity index (χ2v) is 8.02. The van der Waals surface area contributed by atoms with Gasteiger partial charge in [0.05, 0.1) is 22.4 Å². The quantitative estimate of drug-likeness (QED) is 0.529. The highest BCUT2D eigenvalue weighted by Crippen LogP contribution is 2.37. The molecule has 0 fully saturated rings. The van der Waals surface area contributed by atoms with Gasteiger partial charge in [0.1, 0.15) is 15.9 Å². The van der Waals surface area contributed by atoms with E-state index in [9.17, 15) is 10.1 Å². The SMILES string of the molecule is CCOC(=O)c1sc(N)c(C#N)c1CSc1nc2ccccc2s1. The number of anilines is 1. The van der Waals surface area contributed by atoms with Gasteiger partial charge in [0.25, 0.3) is 0 Å². The van der Waals surface area contributed by atoms with Crippen LogP contribution in [0.25, 0.3) is 10.2 Å². The molecule has 24 heavy (non-hydrogen) atoms. The summed E-state index contributed by atoms with van der Waals surface area (Å²) in [4.78, 5) is 17.1. The first-order chi connectivity index (χ1) is 11.6. The van der Waals surface area contributed by atoms with E-state index in [1.807, 2.05) is 24.3 Å². The van der Waals surface area contributed by atoms with E-state index in [-0.39, 0.29) is 6.61 Å². The van der Waals surface area contributed by atoms with Crippen LogP contribution in [-0.2, 0) is 10.5 Å². The third-order valence-corrected chi connectivity index (χ3v) is 6.47. The van der Waals surface area contributed by atoms with Gasteiger partial charge >= 0.3 is 5.97 Å². The number of rotatable bonds is 5. The van der Waals surface area contributed by atoms with Crippen LogP contribution in [0.5, 0.6) is 0 Å². The number of carbonyl (C=O) groups is 1. The second kappa shape index (κ2) is 7.21. The average molecular weight is 376 g/mol. The molecule has 0 spiro atoms. The smallest absolute Gasteiger partial charge is 0.348 e. The van der Waals surface area contributed by atoms with E-state index < -0.39 is 5.97 Å². The van der Waals surface area contributed by atoms with E-state index in [1.54, 1.807) is 18.3 Å². The maximum Gasteiger partial charge on any atom is 0.348 e. The van der Waals surface area contributed by atoms with Crippen LogP contribution in [0.2, 0.25) is 0 Å². The molecule has 0 aliphatic rings. The molecule has 122 valence electrons. The molecule has 0 saturated carbocycles. The van der Waals surface area contributed by atoms with Crippen LogP contribution < -0.4 is 5.73 Å². The molecule has 0 unspecified atom stereocenters. The summed E-state index contributed by atoms with van der Waals surface area (Å²) in [6, 6.07) is 9.99. The molecule has 0 atom stereocenters. The van der Waals surface area contributed by atoms with Crippen molar-refractivity contribution in [3.05, 3.63) is 40.3 Å². The van der Waals surface area contributed by atoms with Gasteiger partial charge in [0.15, 0.2) is 4.34 Å². The lowest BCUT2D eigenvalue weighted by atomic mass is 10.2. The lowest BCUT2D eigenvalue weighted by Crippen LogP contribution is -2.05. The van der Waals surface area contributed by atoms with Gasteiger partial charge in [-0.05, 0) is 19.1 Å². The van der Waals surface area contributed by atoms with Gasteiger partial charge in [-0.15, -0.1) is 22.7 Å². The zero-order valence-electron chi connectivity index (χ0n) is 12.7. The second-order valence-electron chi connectivity index (χ2n) is 4.72. The van der Waals surface area contributed by atoms with Crippen molar-refractivity contribution in [3.8, 4) is 6.07 Å². The molecule has 0 bridgehead atoms. The Labute approximate surface area is 151 Å². The van der Waals surface area contributed by atoms with Gasteiger partial charge in [0.2, 0.25) is 0 Å². The molecular weight excluding hydrogens is 362 g/mol. The van der Waals surface area contributed by atoms with Crippen molar-refractivity contribution in [2.45, 2.75) is 17.0 Å². The maximum absolute atomic E-state index is 12.1. The molecule has 5 nitrogen and oxygen atoms in total. The fourth-order valence-electron chi connectivity index (χ4n) is 2.15. The largest absolute Gasteiger partial charge is 0.462 e. The number of ether oxygens (including phenoxy) is 1. The number of nitriles is 1. The summed E-state index contributed by atoms with van der Waals surface area (Å²) < 4.78 is 7.06. The predicted molar refractivity (Wildman–Crippen MR) is 98.6 cm³/mol. The first-order valence-corrected chi connectivity index (χ1v) is 9.72. The molecule has 1 aromatic carbocycles. The molecule has 8 heteroatoms. The van der Waals surface area contributed by atoms with Crippen LogP contribution in [0.4, 0.5) is 5.00 Å². The number of nitrogen functional groups attached to an aromatic ring is 1. The van der Waals surface area contributed by atoms with Gasteiger partial charge in [-0.25, -0.2) is 9.78 Å². The molecule has 0 radical (unpaired) electrons. The predicted octanol–water partition coefficient (Wildman–Crippen LogP) is 4.28. The Hall–Kier alpha value is -2.08. The molecule has 0 aliphatic heterocycles. The number of carbonyl (C=O) groups excluding carboxylic acids is 1. The lowest BCUT2D eigenvalue weighted by Gasteiger charge is -2.03. The number of hydrogen-bond donors (Lipinski definition) is 1. The van der Waals surface area contributed by atoms with Crippen LogP contribution in [0.1, 0.15) is 27.7 Å². The third kappa shape index (κ3) is 3.24. The van der Waals surface area contributed by atoms with Crippen LogP contribution >= 0.6 is 34.4 Å². The summed E-state index contributed by atoms with van der Waals surface area (Å²) in [5.74, 6) is 0.0143. The van der Waals surface area contributed by atoms with Crippen molar-refractivity contribution in [3.63, 3.8) is 0 Å². The van der Waals surface area contributed by atoms with E-state index in [2.05, 4.69) is 11.1 Å². The van der Waals surface area contributed by atoms with Crippen LogP contribution in [0.15, 0.2) is 28.6 Å². The standard InChI is InChI=1S/C16H13N3O2S3/c1-2-21-15(20)13-10(9(7-17)14(18)24-13)8-22-16-19-11-5-3-4-6-12(11)23-16/h3-6H,2,8,18H2,1H3. The van der Waals surface area contributed by atoms with Crippen LogP contribution in [-0.4, -0.2) is 17.6 Å². The number of fused-ring (bicyclic) bond motifs is 1. The van der Waals surface area contributed by atoms with Gasteiger partial charge < -0.3 is 10.5 Å². The van der Waals surface area contributed by atoms with E-state index in [0.29, 0.717) is 26.8 Å². The Morgan fingerprint density at radius 3 is 2.92 bits per heavy atom. The first-order valence-electron chi connectivity index (χ1n) is 7.10. The number of hydrogen-bond acceptors (Lipinski definition) is 8. The summed E-state index contributed by atoms with van der Waals surface area (Å²) in [5.41, 5.74) is 7.81. The highest BCUT2D eigenvalue weighted by atomic mass is 32.2. The van der Waals surface area contributed by atoms with Crippen molar-refractivity contribution in [1.29, 1.82) is 5.26 Å². The zero-order chi connectivity index (χ0) is 17.1. The molecule has 0 saturated heterocycles. The van der Waals surface area contributed by atoms with Crippen molar-refractivity contribution in [2.24, 2.45) is 0 Å². The minimum atomic E-state index is -0.435. The van der Waals surface area contributed by atoms with E-state index >= 15 is 0 Å². The van der Waals surface area contributed by atoms with Crippen LogP contribution in [0.3, 0.4) is 0 Å². The van der Waals surface area contributed by atoms with Gasteiger partial charge in [0, 0.05) is 11.3 Å². The number of esters is 1. The zero-order valence-corrected chi connectivity index (χ0v) is 15.2. The Morgan fingerprint density at radius 2 is 2.21 bits per heavy atom. The van der Waals surface area contributed by atoms with Gasteiger partial charge in [-0.2, -0.15) is 5.26 Å². The Kier molecular flexibility index (Phi) is 5.04. The molecule has 2 heterocycles. The van der Waals surface area contributed by atoms with E-state index in [1.165, 1.54) is 11.8 Å². The third-order valence-electron chi connectivity index (χ3n) is 3.22. The maximum atomic E-state index is 12.1. The summed E-state index contributed by atoms with van der Waals surface area (Å²) in [7, 11) is 0. The normalized spacial score (nSPS) is 10.7. The fraction of sp³-hybridized carbons (Fsp3) is 0.188. The number of nitrogens with zero attached hydrogens (tertiary/aromatic N) is 2. The molecule has 2 N–H and O–H groups in total. The topological polar surface area (TPSA) is 89.0 Å². The number of thiophene rings is 1. The minimum absolute atomic E-state index is 0.281. The highest BCUT2D eigenvalue weighted by Gasteiger charge is 2.23. The molecule has 3 aromatic rings. The number of nitrogens with two attached hydrogens (primary N) is 1. The highest BCUT2D eigenvalue weighted by molar-refractivity contribution is 8.00. The summed E-state index contributed by atoms with van der Waals surface area (Å²) in [5, 5.41) is 9.69. The molecule has 2 aromatic heterocycles. The fourth-order valence-corrected chi connectivity index (χ4v) is 5.27. The van der Waals surface area contributed by atoms with E-state index in [0.717, 1.165) is 25.9 Å². The van der Waals surface area contributed by atoms with Crippen molar-refractivity contribution >= 4 is 55.6 Å². The monoisotopic (exact) mass is 375 g/mol. The minimum Gasteiger partial charge on any atom is -0.462 e. The number of thioether (sulfide) groups is 1. The number of para-hydroxylation sites is 1. The Bertz CT molecular complexity index is 907. The van der Waals surface area contributed by atoms with Crippen molar-refractivity contribution < 1.29 is 9.53 Å². The van der Waals surface area contributed by atoms with Crippen molar-refractivity contribution in [2.75, 3.05) is 12.3 Å². The number of thiazole rings is 1. The lowest BCUT2D eigenvalue weighted by molar-refractivity contribution is 0.0531. The van der Waals surface area contributed by atoms with E-state index in [4.69, 9.17) is 10.5 Å². The average Bonchev–Trinajstić information content (AvgIpc) is 3.13. The molecular formula is C16H13N3O2S3. The first kappa shape index (κ1) is 16.8. The van der Waals surface area contributed by atoms with Crippen molar-refractivity contribution in [1.82, 2.24) is 4.98 Å². The van der Waals surface area contributed by atoms with Gasteiger partial charge in [-0.1, -0.05) is 23.9 Å².